The number of benzene rings is 2. The zero-order valence-electron chi connectivity index (χ0n) is 13.9. The normalized spacial score (nSPS) is 19.2. The molecular formula is C18H21N5O2. The van der Waals surface area contributed by atoms with Gasteiger partial charge in [0.25, 0.3) is 0 Å². The molecule has 130 valence electrons. The van der Waals surface area contributed by atoms with Crippen LogP contribution < -0.4 is 26.8 Å². The molecule has 2 atom stereocenters. The van der Waals surface area contributed by atoms with Crippen molar-refractivity contribution in [2.75, 3.05) is 17.7 Å². The summed E-state index contributed by atoms with van der Waals surface area (Å²) in [4.78, 5) is 23.8. The highest BCUT2D eigenvalue weighted by molar-refractivity contribution is 5.96. The third-order valence-corrected chi connectivity index (χ3v) is 4.04. The Balaban J connectivity index is 1.59. The number of anilines is 2. The van der Waals surface area contributed by atoms with Gasteiger partial charge in [-0.2, -0.15) is 0 Å². The van der Waals surface area contributed by atoms with Gasteiger partial charge in [-0.05, 0) is 30.2 Å². The maximum absolute atomic E-state index is 12.5. The van der Waals surface area contributed by atoms with Crippen LogP contribution in [0.4, 0.5) is 16.2 Å². The van der Waals surface area contributed by atoms with Crippen LogP contribution >= 0.6 is 0 Å². The number of carbonyl (C=O) groups is 2. The molecule has 0 spiro atoms. The first-order valence-corrected chi connectivity index (χ1v) is 8.11. The SMILES string of the molecule is CNC(=O)Nc1cccc(NC(=O)C2CC(c3ccccc3)NN2)c1. The van der Waals surface area contributed by atoms with E-state index in [1.165, 1.54) is 0 Å². The fourth-order valence-corrected chi connectivity index (χ4v) is 2.73. The van der Waals surface area contributed by atoms with Gasteiger partial charge in [-0.15, -0.1) is 0 Å². The molecule has 1 aliphatic rings. The molecule has 1 saturated heterocycles. The standard InChI is InChI=1S/C18H21N5O2/c1-19-18(25)21-14-9-5-8-13(10-14)20-17(24)16-11-15(22-23-16)12-6-3-2-4-7-12/h2-10,15-16,22-23H,11H2,1H3,(H,20,24)(H2,19,21,25). The quantitative estimate of drug-likeness (QED) is 0.589. The van der Waals surface area contributed by atoms with Crippen LogP contribution in [-0.2, 0) is 4.79 Å². The molecule has 1 fully saturated rings. The second-order valence-corrected chi connectivity index (χ2v) is 5.81. The lowest BCUT2D eigenvalue weighted by Crippen LogP contribution is -2.39. The maximum Gasteiger partial charge on any atom is 0.318 e. The number of amides is 3. The zero-order chi connectivity index (χ0) is 17.6. The Kier molecular flexibility index (Phi) is 5.27. The molecule has 2 aromatic carbocycles. The van der Waals surface area contributed by atoms with Crippen molar-refractivity contribution in [3.8, 4) is 0 Å². The van der Waals surface area contributed by atoms with Crippen LogP contribution in [0.2, 0.25) is 0 Å². The van der Waals surface area contributed by atoms with E-state index in [4.69, 9.17) is 0 Å². The molecule has 1 heterocycles. The molecule has 1 aliphatic heterocycles. The van der Waals surface area contributed by atoms with E-state index in [0.29, 0.717) is 17.8 Å². The number of carbonyl (C=O) groups excluding carboxylic acids is 2. The van der Waals surface area contributed by atoms with Crippen LogP contribution in [0.3, 0.4) is 0 Å². The average Bonchev–Trinajstić information content (AvgIpc) is 3.13. The van der Waals surface area contributed by atoms with Gasteiger partial charge in [0, 0.05) is 24.5 Å². The second-order valence-electron chi connectivity index (χ2n) is 5.81. The number of urea groups is 1. The van der Waals surface area contributed by atoms with E-state index < -0.39 is 0 Å². The molecule has 0 bridgehead atoms. The fourth-order valence-electron chi connectivity index (χ4n) is 2.73. The molecular weight excluding hydrogens is 318 g/mol. The lowest BCUT2D eigenvalue weighted by Gasteiger charge is -2.12. The number of hydrazine groups is 1. The zero-order valence-corrected chi connectivity index (χ0v) is 13.9. The summed E-state index contributed by atoms with van der Waals surface area (Å²) in [6.45, 7) is 0. The van der Waals surface area contributed by atoms with Crippen molar-refractivity contribution < 1.29 is 9.59 Å². The maximum atomic E-state index is 12.5. The highest BCUT2D eigenvalue weighted by Gasteiger charge is 2.30. The number of hydrogen-bond acceptors (Lipinski definition) is 4. The minimum atomic E-state index is -0.333. The van der Waals surface area contributed by atoms with E-state index in [1.807, 2.05) is 30.3 Å². The molecule has 0 aromatic heterocycles. The molecule has 2 unspecified atom stereocenters. The minimum Gasteiger partial charge on any atom is -0.341 e. The topological polar surface area (TPSA) is 94.3 Å². The van der Waals surface area contributed by atoms with Gasteiger partial charge in [0.15, 0.2) is 0 Å². The molecule has 0 aliphatic carbocycles. The molecule has 2 aromatic rings. The average molecular weight is 339 g/mol. The van der Waals surface area contributed by atoms with Gasteiger partial charge in [-0.3, -0.25) is 4.79 Å². The first-order chi connectivity index (χ1) is 12.2. The van der Waals surface area contributed by atoms with Crippen LogP contribution in [0.15, 0.2) is 54.6 Å². The highest BCUT2D eigenvalue weighted by atomic mass is 16.2. The third kappa shape index (κ3) is 4.34. The van der Waals surface area contributed by atoms with Crippen molar-refractivity contribution >= 4 is 23.3 Å². The van der Waals surface area contributed by atoms with Gasteiger partial charge in [-0.1, -0.05) is 36.4 Å². The Hall–Kier alpha value is -2.90. The molecule has 7 nitrogen and oxygen atoms in total. The van der Waals surface area contributed by atoms with Crippen molar-refractivity contribution in [3.05, 3.63) is 60.2 Å². The predicted octanol–water partition coefficient (Wildman–Crippen LogP) is 1.98. The fraction of sp³-hybridized carbons (Fsp3) is 0.222. The number of nitrogens with one attached hydrogen (secondary N) is 5. The summed E-state index contributed by atoms with van der Waals surface area (Å²) in [5.41, 5.74) is 8.58. The summed E-state index contributed by atoms with van der Waals surface area (Å²) in [6.07, 6.45) is 0.659. The van der Waals surface area contributed by atoms with E-state index >= 15 is 0 Å². The van der Waals surface area contributed by atoms with Gasteiger partial charge in [0.2, 0.25) is 5.91 Å². The van der Waals surface area contributed by atoms with Crippen LogP contribution in [0, 0.1) is 0 Å². The van der Waals surface area contributed by atoms with E-state index in [-0.39, 0.29) is 24.0 Å². The Bertz CT molecular complexity index is 750. The first-order valence-electron chi connectivity index (χ1n) is 8.11. The molecule has 7 heteroatoms. The van der Waals surface area contributed by atoms with Crippen molar-refractivity contribution in [2.24, 2.45) is 0 Å². The summed E-state index contributed by atoms with van der Waals surface area (Å²) < 4.78 is 0. The molecule has 0 saturated carbocycles. The largest absolute Gasteiger partial charge is 0.341 e. The predicted molar refractivity (Wildman–Crippen MR) is 97.0 cm³/mol. The third-order valence-electron chi connectivity index (χ3n) is 4.04. The summed E-state index contributed by atoms with van der Waals surface area (Å²) in [5.74, 6) is -0.122. The van der Waals surface area contributed by atoms with E-state index in [2.05, 4.69) is 26.8 Å². The second kappa shape index (κ2) is 7.78. The Morgan fingerprint density at radius 2 is 1.68 bits per heavy atom. The summed E-state index contributed by atoms with van der Waals surface area (Å²) in [5, 5.41) is 8.03. The molecule has 5 N–H and O–H groups in total. The van der Waals surface area contributed by atoms with Gasteiger partial charge < -0.3 is 16.0 Å². The Labute approximate surface area is 146 Å². The van der Waals surface area contributed by atoms with Crippen molar-refractivity contribution in [1.29, 1.82) is 0 Å². The molecule has 3 rings (SSSR count). The summed E-state index contributed by atoms with van der Waals surface area (Å²) in [6, 6.07) is 16.5. The van der Waals surface area contributed by atoms with Gasteiger partial charge in [0.05, 0.1) is 0 Å². The van der Waals surface area contributed by atoms with Crippen LogP contribution in [-0.4, -0.2) is 25.0 Å². The van der Waals surface area contributed by atoms with Crippen molar-refractivity contribution in [2.45, 2.75) is 18.5 Å². The van der Waals surface area contributed by atoms with Gasteiger partial charge in [-0.25, -0.2) is 15.6 Å². The van der Waals surface area contributed by atoms with Crippen LogP contribution in [0.5, 0.6) is 0 Å². The van der Waals surface area contributed by atoms with Crippen LogP contribution in [0.1, 0.15) is 18.0 Å². The molecule has 0 radical (unpaired) electrons. The summed E-state index contributed by atoms with van der Waals surface area (Å²) in [7, 11) is 1.54. The van der Waals surface area contributed by atoms with E-state index in [1.54, 1.807) is 31.3 Å². The lowest BCUT2D eigenvalue weighted by atomic mass is 10.0. The molecule has 3 amide bonds. The number of hydrogen-bond donors (Lipinski definition) is 5. The lowest BCUT2D eigenvalue weighted by molar-refractivity contribution is -0.117. The first kappa shape index (κ1) is 16.9. The van der Waals surface area contributed by atoms with E-state index in [9.17, 15) is 9.59 Å². The molecule has 25 heavy (non-hydrogen) atoms. The van der Waals surface area contributed by atoms with Gasteiger partial charge in [0.1, 0.15) is 6.04 Å². The smallest absolute Gasteiger partial charge is 0.318 e. The number of rotatable bonds is 4. The minimum absolute atomic E-state index is 0.0956. The Morgan fingerprint density at radius 1 is 0.960 bits per heavy atom. The summed E-state index contributed by atoms with van der Waals surface area (Å²) >= 11 is 0. The van der Waals surface area contributed by atoms with Crippen molar-refractivity contribution in [3.63, 3.8) is 0 Å². The monoisotopic (exact) mass is 339 g/mol. The van der Waals surface area contributed by atoms with Gasteiger partial charge >= 0.3 is 6.03 Å². The van der Waals surface area contributed by atoms with Crippen molar-refractivity contribution in [1.82, 2.24) is 16.2 Å². The Morgan fingerprint density at radius 3 is 2.40 bits per heavy atom. The van der Waals surface area contributed by atoms with Crippen LogP contribution in [0.25, 0.3) is 0 Å². The van der Waals surface area contributed by atoms with E-state index in [0.717, 1.165) is 5.56 Å². The highest BCUT2D eigenvalue weighted by Crippen LogP contribution is 2.23.